The number of urea groups is 1. The van der Waals surface area contributed by atoms with Crippen molar-refractivity contribution in [3.05, 3.63) is 76.9 Å². The van der Waals surface area contributed by atoms with Gasteiger partial charge >= 0.3 is 6.03 Å². The molecule has 0 radical (unpaired) electrons. The van der Waals surface area contributed by atoms with E-state index in [9.17, 15) is 9.59 Å². The van der Waals surface area contributed by atoms with Gasteiger partial charge in [-0.25, -0.2) is 4.79 Å². The molecule has 0 bridgehead atoms. The summed E-state index contributed by atoms with van der Waals surface area (Å²) in [5.74, 6) is -0.106. The van der Waals surface area contributed by atoms with E-state index in [1.807, 2.05) is 18.3 Å². The number of aromatic nitrogens is 3. The van der Waals surface area contributed by atoms with Crippen LogP contribution < -0.4 is 10.6 Å². The second-order valence-electron chi connectivity index (χ2n) is 7.76. The standard InChI is InChI=1S/C22H22N6O2/c29-21(25-18-7-8-19-16(10-18)11-24-27-19)14-3-5-17(6-4-14)26-22(30)28-12-15-2-1-9-23-20(15)13-28/h1-6,9,11,18H,7-8,10,12-13H2,(H,24,27)(H,25,29)(H,26,30). The molecule has 1 atom stereocenters. The van der Waals surface area contributed by atoms with E-state index in [1.54, 1.807) is 35.4 Å². The second-order valence-corrected chi connectivity index (χ2v) is 7.76. The summed E-state index contributed by atoms with van der Waals surface area (Å²) in [5.41, 5.74) is 5.57. The molecule has 0 fully saturated rings. The van der Waals surface area contributed by atoms with Crippen LogP contribution in [0.2, 0.25) is 0 Å². The third-order valence-corrected chi connectivity index (χ3v) is 5.72. The number of aromatic amines is 1. The van der Waals surface area contributed by atoms with Gasteiger partial charge in [-0.05, 0) is 60.7 Å². The van der Waals surface area contributed by atoms with Crippen LogP contribution in [0.3, 0.4) is 0 Å². The minimum atomic E-state index is -0.177. The minimum Gasteiger partial charge on any atom is -0.349 e. The first kappa shape index (κ1) is 18.4. The number of amides is 3. The molecule has 2 aliphatic rings. The molecule has 1 unspecified atom stereocenters. The maximum atomic E-state index is 12.6. The Bertz CT molecular complexity index is 1070. The predicted molar refractivity (Wildman–Crippen MR) is 111 cm³/mol. The van der Waals surface area contributed by atoms with Crippen LogP contribution in [0.15, 0.2) is 48.8 Å². The normalized spacial score (nSPS) is 17.2. The number of aryl methyl sites for hydroxylation is 1. The van der Waals surface area contributed by atoms with Crippen LogP contribution in [0, 0.1) is 0 Å². The molecule has 5 rings (SSSR count). The number of hydrogen-bond acceptors (Lipinski definition) is 4. The van der Waals surface area contributed by atoms with Gasteiger partial charge in [-0.2, -0.15) is 5.10 Å². The molecule has 3 aromatic rings. The third kappa shape index (κ3) is 3.63. The van der Waals surface area contributed by atoms with E-state index in [1.165, 1.54) is 5.56 Å². The van der Waals surface area contributed by atoms with Crippen molar-refractivity contribution >= 4 is 17.6 Å². The van der Waals surface area contributed by atoms with Gasteiger partial charge in [-0.3, -0.25) is 14.9 Å². The zero-order valence-electron chi connectivity index (χ0n) is 16.4. The highest BCUT2D eigenvalue weighted by Gasteiger charge is 2.24. The van der Waals surface area contributed by atoms with Crippen LogP contribution in [0.5, 0.6) is 0 Å². The Morgan fingerprint density at radius 2 is 1.97 bits per heavy atom. The Morgan fingerprint density at radius 1 is 1.10 bits per heavy atom. The monoisotopic (exact) mass is 402 g/mol. The van der Waals surface area contributed by atoms with Gasteiger partial charge in [0.05, 0.1) is 18.4 Å². The average Bonchev–Trinajstić information content (AvgIpc) is 3.40. The lowest BCUT2D eigenvalue weighted by Crippen LogP contribution is -2.38. The van der Waals surface area contributed by atoms with Gasteiger partial charge in [0.25, 0.3) is 5.91 Å². The van der Waals surface area contributed by atoms with E-state index in [4.69, 9.17) is 0 Å². The number of carbonyl (C=O) groups is 2. The van der Waals surface area contributed by atoms with E-state index in [0.29, 0.717) is 24.3 Å². The van der Waals surface area contributed by atoms with Gasteiger partial charge in [-0.1, -0.05) is 6.07 Å². The van der Waals surface area contributed by atoms with Gasteiger partial charge in [0.1, 0.15) is 0 Å². The molecule has 0 saturated carbocycles. The molecule has 3 N–H and O–H groups in total. The molecule has 2 aromatic heterocycles. The van der Waals surface area contributed by atoms with Crippen molar-refractivity contribution in [3.63, 3.8) is 0 Å². The summed E-state index contributed by atoms with van der Waals surface area (Å²) >= 11 is 0. The third-order valence-electron chi connectivity index (χ3n) is 5.72. The number of benzene rings is 1. The summed E-state index contributed by atoms with van der Waals surface area (Å²) in [6.45, 7) is 1.05. The van der Waals surface area contributed by atoms with Gasteiger partial charge in [0, 0.05) is 35.7 Å². The number of nitrogens with zero attached hydrogens (tertiary/aromatic N) is 3. The molecule has 30 heavy (non-hydrogen) atoms. The van der Waals surface area contributed by atoms with Crippen molar-refractivity contribution < 1.29 is 9.59 Å². The topological polar surface area (TPSA) is 103 Å². The lowest BCUT2D eigenvalue weighted by atomic mass is 9.93. The molecule has 1 aliphatic carbocycles. The molecule has 152 valence electrons. The number of carbonyl (C=O) groups excluding carboxylic acids is 2. The summed E-state index contributed by atoms with van der Waals surface area (Å²) in [7, 11) is 0. The van der Waals surface area contributed by atoms with Crippen molar-refractivity contribution in [1.82, 2.24) is 25.4 Å². The first-order valence-corrected chi connectivity index (χ1v) is 10.1. The Morgan fingerprint density at radius 3 is 2.80 bits per heavy atom. The Balaban J connectivity index is 1.17. The molecular weight excluding hydrogens is 380 g/mol. The number of hydrogen-bond donors (Lipinski definition) is 3. The van der Waals surface area contributed by atoms with Crippen molar-refractivity contribution in [2.24, 2.45) is 0 Å². The Labute approximate surface area is 173 Å². The molecule has 1 aliphatic heterocycles. The number of rotatable bonds is 3. The fourth-order valence-electron chi connectivity index (χ4n) is 4.06. The largest absolute Gasteiger partial charge is 0.349 e. The summed E-state index contributed by atoms with van der Waals surface area (Å²) in [4.78, 5) is 31.2. The molecule has 8 nitrogen and oxygen atoms in total. The molecule has 8 heteroatoms. The number of nitrogens with one attached hydrogen (secondary N) is 3. The first-order chi connectivity index (χ1) is 14.7. The van der Waals surface area contributed by atoms with Crippen molar-refractivity contribution in [1.29, 1.82) is 0 Å². The summed E-state index contributed by atoms with van der Waals surface area (Å²) < 4.78 is 0. The molecule has 0 spiro atoms. The molecule has 0 saturated heterocycles. The zero-order valence-corrected chi connectivity index (χ0v) is 16.4. The predicted octanol–water partition coefficient (Wildman–Crippen LogP) is 2.64. The fraction of sp³-hybridized carbons (Fsp3) is 0.273. The maximum absolute atomic E-state index is 12.6. The fourth-order valence-corrected chi connectivity index (χ4v) is 4.06. The Hall–Kier alpha value is -3.68. The van der Waals surface area contributed by atoms with E-state index in [0.717, 1.165) is 36.2 Å². The van der Waals surface area contributed by atoms with Crippen molar-refractivity contribution in [2.45, 2.75) is 38.4 Å². The van der Waals surface area contributed by atoms with Gasteiger partial charge < -0.3 is 15.5 Å². The van der Waals surface area contributed by atoms with Crippen LogP contribution in [-0.4, -0.2) is 38.1 Å². The van der Waals surface area contributed by atoms with E-state index in [2.05, 4.69) is 25.8 Å². The van der Waals surface area contributed by atoms with E-state index < -0.39 is 0 Å². The van der Waals surface area contributed by atoms with Crippen LogP contribution in [0.4, 0.5) is 10.5 Å². The molecule has 1 aromatic carbocycles. The van der Waals surface area contributed by atoms with Crippen LogP contribution in [-0.2, 0) is 25.9 Å². The molecular formula is C22H22N6O2. The van der Waals surface area contributed by atoms with Crippen molar-refractivity contribution in [3.8, 4) is 0 Å². The summed E-state index contributed by atoms with van der Waals surface area (Å²) in [5, 5.41) is 13.1. The number of anilines is 1. The van der Waals surface area contributed by atoms with E-state index in [-0.39, 0.29) is 18.0 Å². The Kier molecular flexibility index (Phi) is 4.66. The quantitative estimate of drug-likeness (QED) is 0.627. The lowest BCUT2D eigenvalue weighted by molar-refractivity contribution is 0.0933. The minimum absolute atomic E-state index is 0.104. The van der Waals surface area contributed by atoms with Crippen LogP contribution >= 0.6 is 0 Å². The molecule has 3 heterocycles. The lowest BCUT2D eigenvalue weighted by Gasteiger charge is -2.23. The molecule has 3 amide bonds. The number of fused-ring (bicyclic) bond motifs is 2. The number of H-pyrrole nitrogens is 1. The van der Waals surface area contributed by atoms with Crippen LogP contribution in [0.25, 0.3) is 0 Å². The van der Waals surface area contributed by atoms with Crippen molar-refractivity contribution in [2.75, 3.05) is 5.32 Å². The summed E-state index contributed by atoms with van der Waals surface area (Å²) in [6, 6.07) is 10.8. The zero-order chi connectivity index (χ0) is 20.5. The highest BCUT2D eigenvalue weighted by atomic mass is 16.2. The van der Waals surface area contributed by atoms with E-state index >= 15 is 0 Å². The summed E-state index contributed by atoms with van der Waals surface area (Å²) in [6.07, 6.45) is 6.15. The first-order valence-electron chi connectivity index (χ1n) is 10.1. The average molecular weight is 402 g/mol. The smallest absolute Gasteiger partial charge is 0.322 e. The maximum Gasteiger partial charge on any atom is 0.322 e. The number of pyridine rings is 1. The van der Waals surface area contributed by atoms with Gasteiger partial charge in [0.2, 0.25) is 0 Å². The second kappa shape index (κ2) is 7.62. The highest BCUT2D eigenvalue weighted by Crippen LogP contribution is 2.22. The highest BCUT2D eigenvalue weighted by molar-refractivity contribution is 5.95. The van der Waals surface area contributed by atoms with Crippen LogP contribution in [0.1, 0.15) is 39.3 Å². The van der Waals surface area contributed by atoms with Gasteiger partial charge in [0.15, 0.2) is 0 Å². The SMILES string of the molecule is O=C(NC1CCc2[nH]ncc2C1)c1ccc(NC(=O)N2Cc3cccnc3C2)cc1. The van der Waals surface area contributed by atoms with Gasteiger partial charge in [-0.15, -0.1) is 0 Å².